The van der Waals surface area contributed by atoms with Crippen molar-refractivity contribution in [3.63, 3.8) is 0 Å². The number of sulfonamides is 1. The Labute approximate surface area is 152 Å². The highest BCUT2D eigenvalue weighted by Gasteiger charge is 2.31. The van der Waals surface area contributed by atoms with Crippen molar-refractivity contribution in [1.29, 1.82) is 0 Å². The molecule has 8 nitrogen and oxygen atoms in total. The van der Waals surface area contributed by atoms with E-state index >= 15 is 0 Å². The van der Waals surface area contributed by atoms with Gasteiger partial charge in [0.1, 0.15) is 9.77 Å². The number of rotatable bonds is 6. The summed E-state index contributed by atoms with van der Waals surface area (Å²) in [5, 5.41) is 7.78. The summed E-state index contributed by atoms with van der Waals surface area (Å²) in [6.45, 7) is 6.53. The van der Waals surface area contributed by atoms with E-state index in [1.54, 1.807) is 5.38 Å². The van der Waals surface area contributed by atoms with Crippen molar-refractivity contribution < 1.29 is 17.9 Å². The number of hydrogen-bond donors (Lipinski definition) is 2. The summed E-state index contributed by atoms with van der Waals surface area (Å²) in [4.78, 5) is 15.1. The van der Waals surface area contributed by atoms with E-state index in [1.165, 1.54) is 10.4 Å². The average Bonchev–Trinajstić information content (AvgIpc) is 3.14. The van der Waals surface area contributed by atoms with Crippen molar-refractivity contribution in [2.75, 3.05) is 65.6 Å². The van der Waals surface area contributed by atoms with E-state index in [1.807, 2.05) is 0 Å². The third-order valence-electron chi connectivity index (χ3n) is 4.35. The molecule has 2 N–H and O–H groups in total. The normalized spacial score (nSPS) is 20.5. The van der Waals surface area contributed by atoms with Crippen molar-refractivity contribution in [3.8, 4) is 0 Å². The lowest BCUT2D eigenvalue weighted by Gasteiger charge is -2.27. The van der Waals surface area contributed by atoms with Gasteiger partial charge in [0.05, 0.1) is 13.2 Å². The van der Waals surface area contributed by atoms with Crippen LogP contribution in [0.15, 0.2) is 16.3 Å². The molecule has 1 amide bonds. The highest BCUT2D eigenvalue weighted by atomic mass is 32.2. The van der Waals surface area contributed by atoms with E-state index in [9.17, 15) is 13.2 Å². The smallest absolute Gasteiger partial charge is 0.262 e. The van der Waals surface area contributed by atoms with Gasteiger partial charge in [-0.1, -0.05) is 0 Å². The van der Waals surface area contributed by atoms with Crippen molar-refractivity contribution in [2.24, 2.45) is 0 Å². The molecule has 1 aromatic rings. The first kappa shape index (κ1) is 18.7. The summed E-state index contributed by atoms with van der Waals surface area (Å²) in [6.07, 6.45) is 0. The first-order chi connectivity index (χ1) is 12.1. The standard InChI is InChI=1S/C15H24N4O4S2/c20-15(17-4-7-18-5-2-16-3-6-18)14-13(1-12-24-14)25(21,22)19-8-10-23-11-9-19/h1,12,16H,2-11H2,(H,17,20). The molecule has 0 unspecified atom stereocenters. The number of amides is 1. The van der Waals surface area contributed by atoms with Crippen LogP contribution < -0.4 is 10.6 Å². The number of carbonyl (C=O) groups excluding carboxylic acids is 1. The summed E-state index contributed by atoms with van der Waals surface area (Å²) in [5.74, 6) is -0.322. The molecule has 0 atom stereocenters. The highest BCUT2D eigenvalue weighted by Crippen LogP contribution is 2.25. The molecule has 0 bridgehead atoms. The van der Waals surface area contributed by atoms with Gasteiger partial charge in [0.15, 0.2) is 0 Å². The van der Waals surface area contributed by atoms with E-state index in [-0.39, 0.29) is 15.7 Å². The molecule has 3 rings (SSSR count). The lowest BCUT2D eigenvalue weighted by molar-refractivity contribution is 0.0730. The predicted molar refractivity (Wildman–Crippen MR) is 95.5 cm³/mol. The number of piperazine rings is 1. The zero-order valence-electron chi connectivity index (χ0n) is 14.1. The number of carbonyl (C=O) groups is 1. The Kier molecular flexibility index (Phi) is 6.42. The lowest BCUT2D eigenvalue weighted by Crippen LogP contribution is -2.46. The Balaban J connectivity index is 1.61. The molecular formula is C15H24N4O4S2. The van der Waals surface area contributed by atoms with Crippen molar-refractivity contribution in [1.82, 2.24) is 19.8 Å². The van der Waals surface area contributed by atoms with Gasteiger partial charge in [-0.2, -0.15) is 4.31 Å². The van der Waals surface area contributed by atoms with Gasteiger partial charge in [0.2, 0.25) is 10.0 Å². The molecule has 25 heavy (non-hydrogen) atoms. The van der Waals surface area contributed by atoms with Crippen LogP contribution in [0, 0.1) is 0 Å². The maximum Gasteiger partial charge on any atom is 0.262 e. The molecule has 2 fully saturated rings. The zero-order chi connectivity index (χ0) is 17.7. The summed E-state index contributed by atoms with van der Waals surface area (Å²) in [7, 11) is -3.66. The zero-order valence-corrected chi connectivity index (χ0v) is 15.7. The Bertz CT molecular complexity index is 679. The number of nitrogens with zero attached hydrogens (tertiary/aromatic N) is 2. The van der Waals surface area contributed by atoms with Gasteiger partial charge in [-0.05, 0) is 11.4 Å². The molecule has 3 heterocycles. The van der Waals surface area contributed by atoms with Gasteiger partial charge in [0, 0.05) is 52.4 Å². The Morgan fingerprint density at radius 3 is 2.68 bits per heavy atom. The van der Waals surface area contributed by atoms with E-state index < -0.39 is 10.0 Å². The monoisotopic (exact) mass is 388 g/mol. The first-order valence-electron chi connectivity index (χ1n) is 8.46. The molecule has 0 spiro atoms. The largest absolute Gasteiger partial charge is 0.379 e. The minimum absolute atomic E-state index is 0.0964. The third-order valence-corrected chi connectivity index (χ3v) is 7.33. The van der Waals surface area contributed by atoms with Crippen molar-refractivity contribution in [2.45, 2.75) is 4.90 Å². The number of nitrogens with one attached hydrogen (secondary N) is 2. The fourth-order valence-corrected chi connectivity index (χ4v) is 5.66. The Morgan fingerprint density at radius 2 is 1.96 bits per heavy atom. The summed E-state index contributed by atoms with van der Waals surface area (Å²) in [6, 6.07) is 1.51. The summed E-state index contributed by atoms with van der Waals surface area (Å²) >= 11 is 1.16. The van der Waals surface area contributed by atoms with E-state index in [0.717, 1.165) is 44.1 Å². The minimum Gasteiger partial charge on any atom is -0.379 e. The Hall–Kier alpha value is -1.04. The van der Waals surface area contributed by atoms with Crippen LogP contribution in [0.1, 0.15) is 9.67 Å². The number of morpholine rings is 1. The summed E-state index contributed by atoms with van der Waals surface area (Å²) in [5.41, 5.74) is 0. The molecule has 1 aromatic heterocycles. The second kappa shape index (κ2) is 8.56. The predicted octanol–water partition coefficient (Wildman–Crippen LogP) is -0.596. The molecule has 0 aromatic carbocycles. The molecule has 0 saturated carbocycles. The molecular weight excluding hydrogens is 364 g/mol. The second-order valence-electron chi connectivity index (χ2n) is 5.98. The number of ether oxygens (including phenoxy) is 1. The van der Waals surface area contributed by atoms with Gasteiger partial charge in [-0.15, -0.1) is 11.3 Å². The summed E-state index contributed by atoms with van der Waals surface area (Å²) < 4.78 is 32.1. The molecule has 0 radical (unpaired) electrons. The quantitative estimate of drug-likeness (QED) is 0.677. The van der Waals surface area contributed by atoms with E-state index in [2.05, 4.69) is 15.5 Å². The SMILES string of the molecule is O=C(NCCN1CCNCC1)c1sccc1S(=O)(=O)N1CCOCC1. The van der Waals surface area contributed by atoms with Crippen LogP contribution in [-0.4, -0.2) is 89.1 Å². The van der Waals surface area contributed by atoms with Crippen LogP contribution in [0.5, 0.6) is 0 Å². The lowest BCUT2D eigenvalue weighted by atomic mass is 10.3. The van der Waals surface area contributed by atoms with Crippen LogP contribution in [0.2, 0.25) is 0 Å². The van der Waals surface area contributed by atoms with Crippen LogP contribution in [0.4, 0.5) is 0 Å². The fourth-order valence-electron chi connectivity index (χ4n) is 2.93. The topological polar surface area (TPSA) is 91.0 Å². The van der Waals surface area contributed by atoms with Gasteiger partial charge in [0.25, 0.3) is 5.91 Å². The number of thiophene rings is 1. The Morgan fingerprint density at radius 1 is 1.24 bits per heavy atom. The third kappa shape index (κ3) is 4.57. The van der Waals surface area contributed by atoms with Crippen LogP contribution in [0.3, 0.4) is 0 Å². The van der Waals surface area contributed by atoms with E-state index in [0.29, 0.717) is 32.8 Å². The molecule has 2 saturated heterocycles. The molecule has 2 aliphatic rings. The molecule has 2 aliphatic heterocycles. The molecule has 140 valence electrons. The van der Waals surface area contributed by atoms with Crippen LogP contribution >= 0.6 is 11.3 Å². The molecule has 10 heteroatoms. The second-order valence-corrected chi connectivity index (χ2v) is 8.80. The molecule has 0 aliphatic carbocycles. The highest BCUT2D eigenvalue weighted by molar-refractivity contribution is 7.89. The van der Waals surface area contributed by atoms with E-state index in [4.69, 9.17) is 4.74 Å². The maximum atomic E-state index is 12.8. The van der Waals surface area contributed by atoms with Gasteiger partial charge in [-0.25, -0.2) is 8.42 Å². The first-order valence-corrected chi connectivity index (χ1v) is 10.8. The van der Waals surface area contributed by atoms with Crippen molar-refractivity contribution in [3.05, 3.63) is 16.3 Å². The maximum absolute atomic E-state index is 12.8. The van der Waals surface area contributed by atoms with Gasteiger partial charge in [-0.3, -0.25) is 9.69 Å². The van der Waals surface area contributed by atoms with Crippen LogP contribution in [-0.2, 0) is 14.8 Å². The fraction of sp³-hybridized carbons (Fsp3) is 0.667. The number of hydrogen-bond acceptors (Lipinski definition) is 7. The van der Waals surface area contributed by atoms with Gasteiger partial charge >= 0.3 is 0 Å². The average molecular weight is 389 g/mol. The van der Waals surface area contributed by atoms with Crippen molar-refractivity contribution >= 4 is 27.3 Å². The van der Waals surface area contributed by atoms with Crippen LogP contribution in [0.25, 0.3) is 0 Å². The minimum atomic E-state index is -3.66. The van der Waals surface area contributed by atoms with Gasteiger partial charge < -0.3 is 15.4 Å².